The Balaban J connectivity index is 2.47. The zero-order chi connectivity index (χ0) is 13.7. The average Bonchev–Trinajstić information content (AvgIpc) is 2.73. The van der Waals surface area contributed by atoms with Crippen LogP contribution in [0, 0.1) is 28.6 Å². The van der Waals surface area contributed by atoms with E-state index in [9.17, 15) is 4.79 Å². The molecule has 2 rings (SSSR count). The van der Waals surface area contributed by atoms with Gasteiger partial charge in [0.25, 0.3) is 0 Å². The summed E-state index contributed by atoms with van der Waals surface area (Å²) in [7, 11) is 0. The van der Waals surface area contributed by atoms with Crippen LogP contribution >= 0.6 is 0 Å². The first-order chi connectivity index (χ1) is 8.36. The van der Waals surface area contributed by atoms with Crippen molar-refractivity contribution < 1.29 is 9.53 Å². The van der Waals surface area contributed by atoms with E-state index in [1.54, 1.807) is 0 Å². The molecule has 2 nitrogen and oxygen atoms in total. The molecule has 18 heavy (non-hydrogen) atoms. The van der Waals surface area contributed by atoms with Gasteiger partial charge in [-0.1, -0.05) is 32.9 Å². The highest BCUT2D eigenvalue weighted by atomic mass is 16.5. The van der Waals surface area contributed by atoms with Gasteiger partial charge in [0, 0.05) is 12.8 Å². The highest BCUT2D eigenvalue weighted by Gasteiger charge is 2.79. The van der Waals surface area contributed by atoms with Crippen molar-refractivity contribution in [1.29, 1.82) is 0 Å². The minimum Gasteiger partial charge on any atom is -0.431 e. The number of allylic oxidation sites excluding steroid dienone is 3. The summed E-state index contributed by atoms with van der Waals surface area (Å²) in [5.74, 6) is 1.73. The van der Waals surface area contributed by atoms with Crippen molar-refractivity contribution in [3.8, 4) is 0 Å². The molecule has 0 spiro atoms. The number of ether oxygens (including phenoxy) is 1. The normalized spacial score (nSPS) is 41.1. The van der Waals surface area contributed by atoms with Crippen LogP contribution < -0.4 is 0 Å². The molecule has 1 fully saturated rings. The summed E-state index contributed by atoms with van der Waals surface area (Å²) in [4.78, 5) is 11.3. The summed E-state index contributed by atoms with van der Waals surface area (Å²) in [6, 6.07) is 0. The van der Waals surface area contributed by atoms with Gasteiger partial charge in [0.2, 0.25) is 0 Å². The Morgan fingerprint density at radius 2 is 2.11 bits per heavy atom. The molecule has 0 radical (unpaired) electrons. The standard InChI is InChI=1S/C16H22O2/c1-7-13-15(6)12(10(3)4)9-14(18-11(5)17)16(13,15)8-2/h7-10,12-13H,1-2H2,3-6H3. The van der Waals surface area contributed by atoms with E-state index in [0.29, 0.717) is 17.8 Å². The Morgan fingerprint density at radius 1 is 1.50 bits per heavy atom. The van der Waals surface area contributed by atoms with Crippen LogP contribution in [0.1, 0.15) is 27.7 Å². The van der Waals surface area contributed by atoms with Gasteiger partial charge >= 0.3 is 5.97 Å². The molecule has 98 valence electrons. The van der Waals surface area contributed by atoms with Gasteiger partial charge in [-0.2, -0.15) is 0 Å². The molecule has 0 aromatic heterocycles. The first kappa shape index (κ1) is 13.1. The lowest BCUT2D eigenvalue weighted by Gasteiger charge is -2.23. The summed E-state index contributed by atoms with van der Waals surface area (Å²) in [5, 5.41) is 0. The Labute approximate surface area is 109 Å². The number of carbonyl (C=O) groups is 1. The molecule has 0 saturated heterocycles. The highest BCUT2D eigenvalue weighted by Crippen LogP contribution is 2.81. The molecular formula is C16H22O2. The Kier molecular flexibility index (Phi) is 2.80. The van der Waals surface area contributed by atoms with Gasteiger partial charge in [0.1, 0.15) is 5.76 Å². The number of rotatable bonds is 4. The van der Waals surface area contributed by atoms with Crippen LogP contribution in [-0.4, -0.2) is 5.97 Å². The van der Waals surface area contributed by atoms with Gasteiger partial charge in [0.05, 0.1) is 5.41 Å². The number of carbonyl (C=O) groups excluding carboxylic acids is 1. The zero-order valence-corrected chi connectivity index (χ0v) is 11.7. The van der Waals surface area contributed by atoms with E-state index in [1.165, 1.54) is 6.92 Å². The molecule has 0 aliphatic heterocycles. The van der Waals surface area contributed by atoms with Crippen LogP contribution in [0.4, 0.5) is 0 Å². The van der Waals surface area contributed by atoms with Gasteiger partial charge in [-0.25, -0.2) is 0 Å². The second-order valence-corrected chi connectivity index (χ2v) is 5.96. The number of hydrogen-bond acceptors (Lipinski definition) is 2. The molecule has 4 atom stereocenters. The Hall–Kier alpha value is -1.31. The van der Waals surface area contributed by atoms with Crippen LogP contribution in [0.5, 0.6) is 0 Å². The monoisotopic (exact) mass is 246 g/mol. The molecule has 2 aliphatic carbocycles. The largest absolute Gasteiger partial charge is 0.431 e. The smallest absolute Gasteiger partial charge is 0.307 e. The third-order valence-electron chi connectivity index (χ3n) is 4.91. The molecule has 4 unspecified atom stereocenters. The van der Waals surface area contributed by atoms with Gasteiger partial charge in [-0.05, 0) is 23.3 Å². The maximum Gasteiger partial charge on any atom is 0.307 e. The molecule has 1 saturated carbocycles. The van der Waals surface area contributed by atoms with Crippen molar-refractivity contribution >= 4 is 5.97 Å². The minimum atomic E-state index is -0.260. The lowest BCUT2D eigenvalue weighted by Crippen LogP contribution is -2.18. The summed E-state index contributed by atoms with van der Waals surface area (Å²) in [5.41, 5.74) is -0.162. The fourth-order valence-corrected chi connectivity index (χ4v) is 4.12. The Morgan fingerprint density at radius 3 is 2.50 bits per heavy atom. The average molecular weight is 246 g/mol. The summed E-state index contributed by atoms with van der Waals surface area (Å²) in [6.45, 7) is 16.0. The maximum absolute atomic E-state index is 11.3. The van der Waals surface area contributed by atoms with Gasteiger partial charge in [-0.15, -0.1) is 13.2 Å². The summed E-state index contributed by atoms with van der Waals surface area (Å²) in [6.07, 6.45) is 6.04. The van der Waals surface area contributed by atoms with Crippen LogP contribution in [0.2, 0.25) is 0 Å². The van der Waals surface area contributed by atoms with Crippen LogP contribution in [0.3, 0.4) is 0 Å². The van der Waals surface area contributed by atoms with Gasteiger partial charge < -0.3 is 4.74 Å². The minimum absolute atomic E-state index is 0.0649. The van der Waals surface area contributed by atoms with E-state index < -0.39 is 0 Å². The fraction of sp³-hybridized carbons (Fsp3) is 0.562. The quantitative estimate of drug-likeness (QED) is 0.558. The lowest BCUT2D eigenvalue weighted by molar-refractivity contribution is -0.137. The molecule has 0 amide bonds. The van der Waals surface area contributed by atoms with E-state index >= 15 is 0 Å². The molecule has 0 aromatic rings. The molecule has 0 aromatic carbocycles. The van der Waals surface area contributed by atoms with Crippen LogP contribution in [-0.2, 0) is 9.53 Å². The molecule has 0 N–H and O–H groups in total. The maximum atomic E-state index is 11.3. The van der Waals surface area contributed by atoms with E-state index in [2.05, 4.69) is 40.0 Å². The second-order valence-electron chi connectivity index (χ2n) is 5.96. The third-order valence-corrected chi connectivity index (χ3v) is 4.91. The molecule has 0 bridgehead atoms. The number of fused-ring (bicyclic) bond motifs is 1. The van der Waals surface area contributed by atoms with Crippen molar-refractivity contribution in [1.82, 2.24) is 0 Å². The van der Waals surface area contributed by atoms with Gasteiger partial charge in [0.15, 0.2) is 0 Å². The highest BCUT2D eigenvalue weighted by molar-refractivity contribution is 5.68. The second kappa shape index (κ2) is 3.84. The van der Waals surface area contributed by atoms with E-state index in [-0.39, 0.29) is 16.8 Å². The van der Waals surface area contributed by atoms with E-state index in [1.807, 2.05) is 12.2 Å². The van der Waals surface area contributed by atoms with Crippen molar-refractivity contribution in [2.45, 2.75) is 27.7 Å². The van der Waals surface area contributed by atoms with Crippen LogP contribution in [0.15, 0.2) is 37.1 Å². The lowest BCUT2D eigenvalue weighted by atomic mass is 9.80. The first-order valence-electron chi connectivity index (χ1n) is 6.53. The van der Waals surface area contributed by atoms with E-state index in [0.717, 1.165) is 5.76 Å². The molecular weight excluding hydrogens is 224 g/mol. The molecule has 2 heteroatoms. The number of esters is 1. The van der Waals surface area contributed by atoms with Crippen molar-refractivity contribution in [3.63, 3.8) is 0 Å². The number of hydrogen-bond donors (Lipinski definition) is 0. The van der Waals surface area contributed by atoms with Crippen molar-refractivity contribution in [2.24, 2.45) is 28.6 Å². The topological polar surface area (TPSA) is 26.3 Å². The molecule has 2 aliphatic rings. The SMILES string of the molecule is C=CC1C2(C=C)C(OC(C)=O)=CC(C(C)C)C12C. The third kappa shape index (κ3) is 1.26. The summed E-state index contributed by atoms with van der Waals surface area (Å²) >= 11 is 0. The summed E-state index contributed by atoms with van der Waals surface area (Å²) < 4.78 is 5.44. The van der Waals surface area contributed by atoms with Gasteiger partial charge in [-0.3, -0.25) is 4.79 Å². The van der Waals surface area contributed by atoms with Crippen molar-refractivity contribution in [2.75, 3.05) is 0 Å². The molecule has 0 heterocycles. The zero-order valence-electron chi connectivity index (χ0n) is 11.7. The predicted molar refractivity (Wildman–Crippen MR) is 72.6 cm³/mol. The van der Waals surface area contributed by atoms with Crippen molar-refractivity contribution in [3.05, 3.63) is 37.1 Å². The van der Waals surface area contributed by atoms with E-state index in [4.69, 9.17) is 4.74 Å². The first-order valence-corrected chi connectivity index (χ1v) is 6.53. The fourth-order valence-electron chi connectivity index (χ4n) is 4.12. The Bertz CT molecular complexity index is 446. The van der Waals surface area contributed by atoms with Crippen LogP contribution in [0.25, 0.3) is 0 Å². The predicted octanol–water partition coefficient (Wildman–Crippen LogP) is 3.71.